The van der Waals surface area contributed by atoms with Gasteiger partial charge in [-0.15, -0.1) is 0 Å². The molecule has 0 unspecified atom stereocenters. The monoisotopic (exact) mass is 412 g/mol. The molecule has 2 aromatic carbocycles. The lowest BCUT2D eigenvalue weighted by Crippen LogP contribution is -2.21. The minimum absolute atomic E-state index is 0.0614. The Morgan fingerprint density at radius 1 is 0.828 bits per heavy atom. The van der Waals surface area contributed by atoms with E-state index in [4.69, 9.17) is 14.2 Å². The van der Waals surface area contributed by atoms with Crippen LogP contribution < -0.4 is 9.47 Å². The molecule has 0 amide bonds. The summed E-state index contributed by atoms with van der Waals surface area (Å²) in [4.78, 5) is 0. The van der Waals surface area contributed by atoms with Gasteiger partial charge in [-0.25, -0.2) is 8.78 Å². The van der Waals surface area contributed by atoms with E-state index in [1.165, 1.54) is 25.3 Å². The van der Waals surface area contributed by atoms with Crippen LogP contribution in [0.3, 0.4) is 0 Å². The number of benzene rings is 2. The van der Waals surface area contributed by atoms with Crippen LogP contribution in [0.1, 0.15) is 49.7 Å². The maximum absolute atomic E-state index is 14.4. The molecule has 0 aliphatic heterocycles. The molecule has 1 fully saturated rings. The summed E-state index contributed by atoms with van der Waals surface area (Å²) in [6.45, 7) is 1.91. The molecule has 0 radical (unpaired) electrons. The normalized spacial score (nSPS) is 19.2. The van der Waals surface area contributed by atoms with Gasteiger partial charge in [0.15, 0.2) is 23.1 Å². The van der Waals surface area contributed by atoms with Crippen molar-refractivity contribution in [1.82, 2.24) is 0 Å². The predicted molar refractivity (Wildman–Crippen MR) is 100 cm³/mol. The molecular formula is C22H24F4O3. The van der Waals surface area contributed by atoms with Gasteiger partial charge in [-0.3, -0.25) is 0 Å². The number of methoxy groups -OCH3 is 1. The van der Waals surface area contributed by atoms with Crippen LogP contribution in [-0.4, -0.2) is 19.8 Å². The van der Waals surface area contributed by atoms with Gasteiger partial charge >= 0.3 is 0 Å². The van der Waals surface area contributed by atoms with Crippen molar-refractivity contribution in [2.24, 2.45) is 0 Å². The van der Waals surface area contributed by atoms with Crippen LogP contribution in [0.4, 0.5) is 17.6 Å². The Bertz CT molecular complexity index is 848. The summed E-state index contributed by atoms with van der Waals surface area (Å²) in [6, 6.07) is 5.82. The third-order valence-corrected chi connectivity index (χ3v) is 5.31. The summed E-state index contributed by atoms with van der Waals surface area (Å²) in [5.74, 6) is -4.20. The van der Waals surface area contributed by atoms with Gasteiger partial charge in [0, 0.05) is 5.56 Å². The highest BCUT2D eigenvalue weighted by atomic mass is 19.2. The van der Waals surface area contributed by atoms with Crippen molar-refractivity contribution in [3.63, 3.8) is 0 Å². The third kappa shape index (κ3) is 4.66. The van der Waals surface area contributed by atoms with E-state index in [-0.39, 0.29) is 42.3 Å². The highest BCUT2D eigenvalue weighted by molar-refractivity contribution is 5.33. The zero-order valence-corrected chi connectivity index (χ0v) is 16.4. The number of hydrogen-bond acceptors (Lipinski definition) is 3. The van der Waals surface area contributed by atoms with Gasteiger partial charge in [-0.05, 0) is 62.3 Å². The van der Waals surface area contributed by atoms with E-state index in [0.29, 0.717) is 31.2 Å². The average molecular weight is 412 g/mol. The molecule has 0 atom stereocenters. The lowest BCUT2D eigenvalue weighted by molar-refractivity contribution is 0.0116. The Hall–Kier alpha value is -2.28. The second-order valence-electron chi connectivity index (χ2n) is 7.05. The van der Waals surface area contributed by atoms with E-state index in [0.717, 1.165) is 0 Å². The SMILES string of the molecule is CCOc1ccc(C2CCC(OCc3ccc(OC)c(F)c3F)CC2)c(F)c1F. The minimum atomic E-state index is -1.04. The Morgan fingerprint density at radius 2 is 1.48 bits per heavy atom. The number of halogens is 4. The van der Waals surface area contributed by atoms with Crippen molar-refractivity contribution in [3.05, 3.63) is 58.7 Å². The van der Waals surface area contributed by atoms with Gasteiger partial charge in [-0.2, -0.15) is 8.78 Å². The van der Waals surface area contributed by atoms with Gasteiger partial charge < -0.3 is 14.2 Å². The lowest BCUT2D eigenvalue weighted by Gasteiger charge is -2.29. The Morgan fingerprint density at radius 3 is 2.14 bits per heavy atom. The van der Waals surface area contributed by atoms with Crippen molar-refractivity contribution >= 4 is 0 Å². The van der Waals surface area contributed by atoms with Crippen LogP contribution >= 0.6 is 0 Å². The molecule has 0 spiro atoms. The van der Waals surface area contributed by atoms with Crippen molar-refractivity contribution in [3.8, 4) is 11.5 Å². The van der Waals surface area contributed by atoms with Gasteiger partial charge in [0.1, 0.15) is 0 Å². The molecule has 7 heteroatoms. The molecule has 1 aliphatic carbocycles. The zero-order chi connectivity index (χ0) is 21.0. The van der Waals surface area contributed by atoms with Gasteiger partial charge in [0.2, 0.25) is 11.6 Å². The molecule has 0 heterocycles. The van der Waals surface area contributed by atoms with Crippen LogP contribution in [0.2, 0.25) is 0 Å². The first-order valence-electron chi connectivity index (χ1n) is 9.69. The van der Waals surface area contributed by atoms with Crippen LogP contribution in [-0.2, 0) is 11.3 Å². The maximum atomic E-state index is 14.4. The first-order chi connectivity index (χ1) is 14.0. The minimum Gasteiger partial charge on any atom is -0.494 e. The summed E-state index contributed by atoms with van der Waals surface area (Å²) >= 11 is 0. The molecule has 1 aliphatic rings. The Labute approximate surface area is 167 Å². The van der Waals surface area contributed by atoms with Crippen LogP contribution in [0, 0.1) is 23.3 Å². The van der Waals surface area contributed by atoms with Crippen molar-refractivity contribution in [1.29, 1.82) is 0 Å². The van der Waals surface area contributed by atoms with E-state index in [2.05, 4.69) is 0 Å². The Kier molecular flexibility index (Phi) is 7.00. The first-order valence-corrected chi connectivity index (χ1v) is 9.69. The second kappa shape index (κ2) is 9.48. The molecule has 1 saturated carbocycles. The summed E-state index contributed by atoms with van der Waals surface area (Å²) in [7, 11) is 1.27. The highest BCUT2D eigenvalue weighted by Crippen LogP contribution is 2.37. The molecule has 0 saturated heterocycles. The van der Waals surface area contributed by atoms with E-state index >= 15 is 0 Å². The van der Waals surface area contributed by atoms with Crippen molar-refractivity contribution < 1.29 is 31.8 Å². The summed E-state index contributed by atoms with van der Waals surface area (Å²) < 4.78 is 71.9. The summed E-state index contributed by atoms with van der Waals surface area (Å²) in [5.41, 5.74) is 0.456. The molecular weight excluding hydrogens is 388 g/mol. The van der Waals surface area contributed by atoms with Crippen LogP contribution in [0.15, 0.2) is 24.3 Å². The van der Waals surface area contributed by atoms with E-state index in [1.807, 2.05) is 0 Å². The molecule has 2 aromatic rings. The lowest BCUT2D eigenvalue weighted by atomic mass is 9.82. The van der Waals surface area contributed by atoms with Gasteiger partial charge in [-0.1, -0.05) is 6.07 Å². The molecule has 0 N–H and O–H groups in total. The fraction of sp³-hybridized carbons (Fsp3) is 0.455. The summed E-state index contributed by atoms with van der Waals surface area (Å²) in [6.07, 6.45) is 2.34. The smallest absolute Gasteiger partial charge is 0.200 e. The van der Waals surface area contributed by atoms with E-state index in [9.17, 15) is 17.6 Å². The fourth-order valence-electron chi connectivity index (χ4n) is 3.72. The average Bonchev–Trinajstić information content (AvgIpc) is 2.73. The maximum Gasteiger partial charge on any atom is 0.200 e. The van der Waals surface area contributed by atoms with E-state index < -0.39 is 23.3 Å². The van der Waals surface area contributed by atoms with Crippen LogP contribution in [0.5, 0.6) is 11.5 Å². The molecule has 0 aromatic heterocycles. The summed E-state index contributed by atoms with van der Waals surface area (Å²) in [5, 5.41) is 0. The number of ether oxygens (including phenoxy) is 3. The topological polar surface area (TPSA) is 27.7 Å². The number of hydrogen-bond donors (Lipinski definition) is 0. The second-order valence-corrected chi connectivity index (χ2v) is 7.05. The first kappa shape index (κ1) is 21.4. The van der Waals surface area contributed by atoms with Gasteiger partial charge in [0.05, 0.1) is 26.4 Å². The third-order valence-electron chi connectivity index (χ3n) is 5.31. The van der Waals surface area contributed by atoms with Crippen LogP contribution in [0.25, 0.3) is 0 Å². The molecule has 29 heavy (non-hydrogen) atoms. The highest BCUT2D eigenvalue weighted by Gasteiger charge is 2.27. The van der Waals surface area contributed by atoms with Gasteiger partial charge in [0.25, 0.3) is 0 Å². The zero-order valence-electron chi connectivity index (χ0n) is 16.4. The largest absolute Gasteiger partial charge is 0.494 e. The van der Waals surface area contributed by atoms with Crippen molar-refractivity contribution in [2.75, 3.05) is 13.7 Å². The molecule has 0 bridgehead atoms. The standard InChI is InChI=1S/C22H24F4O3/c1-3-28-18-11-9-16(20(24)22(18)26)13-4-7-15(8-5-13)29-12-14-6-10-17(27-2)21(25)19(14)23/h6,9-11,13,15H,3-5,7-8,12H2,1-2H3. The molecule has 3 rings (SSSR count). The quantitative estimate of drug-likeness (QED) is 0.531. The van der Waals surface area contributed by atoms with Crippen molar-refractivity contribution in [2.45, 2.75) is 51.2 Å². The molecule has 158 valence electrons. The Balaban J connectivity index is 1.58. The number of rotatable bonds is 7. The fourth-order valence-corrected chi connectivity index (χ4v) is 3.72. The molecule has 3 nitrogen and oxygen atoms in total. The predicted octanol–water partition coefficient (Wildman–Crippen LogP) is 5.89. The van der Waals surface area contributed by atoms with E-state index in [1.54, 1.807) is 13.0 Å².